The molecule has 0 aliphatic carbocycles. The molecule has 0 amide bonds. The van der Waals surface area contributed by atoms with Crippen molar-refractivity contribution in [3.05, 3.63) is 87.0 Å². The summed E-state index contributed by atoms with van der Waals surface area (Å²) in [4.78, 5) is 0. The maximum Gasteiger partial charge on any atom is 0.210 e. The predicted molar refractivity (Wildman–Crippen MR) is 304 cm³/mol. The van der Waals surface area contributed by atoms with Crippen LogP contribution in [0.2, 0.25) is 0 Å². The Morgan fingerprint density at radius 1 is 0.279 bits per heavy atom. The van der Waals surface area contributed by atoms with Gasteiger partial charge in [-0.1, -0.05) is 271 Å². The Morgan fingerprint density at radius 2 is 0.529 bits per heavy atom. The Hall–Kier alpha value is -2.48. The van der Waals surface area contributed by atoms with Crippen LogP contribution in [0, 0.1) is 0 Å². The zero-order chi connectivity index (χ0) is 48.5. The first-order valence-corrected chi connectivity index (χ1v) is 30.7. The molecule has 2 aromatic carbocycles. The fourth-order valence-corrected chi connectivity index (χ4v) is 10.9. The van der Waals surface area contributed by atoms with Crippen molar-refractivity contribution >= 4 is 11.4 Å². The van der Waals surface area contributed by atoms with E-state index in [0.29, 0.717) is 0 Å². The molecular weight excluding hydrogens is 821 g/mol. The van der Waals surface area contributed by atoms with Gasteiger partial charge in [0.1, 0.15) is 0 Å². The second-order valence-electron chi connectivity index (χ2n) is 21.9. The molecule has 0 atom stereocenters. The lowest BCUT2D eigenvalue weighted by Gasteiger charge is -2.15. The van der Waals surface area contributed by atoms with Crippen LogP contribution in [0.1, 0.15) is 331 Å². The van der Waals surface area contributed by atoms with E-state index in [1.54, 1.807) is 4.70 Å². The molecule has 0 aromatic heterocycles. The maximum atomic E-state index is 12.3. The highest BCUT2D eigenvalue weighted by Crippen LogP contribution is 2.39. The molecular formula is C66H112N2. The number of hydrogen-bond donors (Lipinski definition) is 0. The van der Waals surface area contributed by atoms with Crippen LogP contribution < -0.4 is 0 Å². The van der Waals surface area contributed by atoms with Crippen LogP contribution in [-0.2, 0) is 25.7 Å². The van der Waals surface area contributed by atoms with Crippen LogP contribution in [0.4, 0.5) is 0 Å². The minimum atomic E-state index is 0.974. The predicted octanol–water partition coefficient (Wildman–Crippen LogP) is 22.8. The second-order valence-corrected chi connectivity index (χ2v) is 21.9. The SMILES string of the molecule is CCCCCCCCCCCCCCCCCCCc1cc(CCCC)cc(C2=CC(CCCC)=C(c3cc(CCCC)cc(CCCCCCCCCCCCCCCCCCC)c3)[N+]2=[N-])c1. The number of aryl methyl sites for hydroxylation is 4. The Labute approximate surface area is 424 Å². The Bertz CT molecular complexity index is 1610. The van der Waals surface area contributed by atoms with E-state index in [2.05, 4.69) is 77.1 Å². The van der Waals surface area contributed by atoms with Gasteiger partial charge in [-0.25, -0.2) is 4.70 Å². The number of hydrogen-bond acceptors (Lipinski definition) is 0. The van der Waals surface area contributed by atoms with E-state index in [1.807, 2.05) is 0 Å². The number of nitrogens with zero attached hydrogens (tertiary/aromatic N) is 2. The Kier molecular flexibility index (Phi) is 36.2. The van der Waals surface area contributed by atoms with Gasteiger partial charge in [0, 0.05) is 22.8 Å². The first-order chi connectivity index (χ1) is 33.5. The first kappa shape index (κ1) is 59.8. The van der Waals surface area contributed by atoms with E-state index in [4.69, 9.17) is 0 Å². The van der Waals surface area contributed by atoms with E-state index in [9.17, 15) is 5.53 Å². The van der Waals surface area contributed by atoms with E-state index in [1.165, 1.54) is 283 Å². The standard InChI is InChI=1S/C66H112N2/c1-6-11-16-18-20-22-24-26-28-30-32-34-36-38-40-42-44-48-60-51-58(46-13-8-3)53-63(54-60)65-57-62(50-15-10-5)66(68(65)67)64-55-59(47-14-9-4)52-61(56-64)49-45-43-41-39-37-35-33-31-29-27-25-23-21-19-17-12-7-2/h51-57H,6-50H2,1-5H3. The first-order valence-electron chi connectivity index (χ1n) is 30.7. The number of benzene rings is 2. The third-order valence-corrected chi connectivity index (χ3v) is 15.3. The van der Waals surface area contributed by atoms with Crippen LogP contribution in [0.25, 0.3) is 16.9 Å². The van der Waals surface area contributed by atoms with E-state index >= 15 is 0 Å². The highest BCUT2D eigenvalue weighted by molar-refractivity contribution is 5.79. The maximum absolute atomic E-state index is 12.3. The second kappa shape index (κ2) is 41.2. The average molecular weight is 934 g/mol. The molecule has 0 spiro atoms. The molecule has 0 saturated heterocycles. The van der Waals surface area contributed by atoms with Gasteiger partial charge in [0.2, 0.25) is 11.4 Å². The summed E-state index contributed by atoms with van der Waals surface area (Å²) < 4.78 is 1.60. The van der Waals surface area contributed by atoms with Gasteiger partial charge in [-0.15, -0.1) is 0 Å². The minimum Gasteiger partial charge on any atom is -0.493 e. The largest absolute Gasteiger partial charge is 0.493 e. The van der Waals surface area contributed by atoms with Crippen molar-refractivity contribution in [1.29, 1.82) is 0 Å². The van der Waals surface area contributed by atoms with Crippen molar-refractivity contribution in [2.24, 2.45) is 0 Å². The number of rotatable bonds is 47. The summed E-state index contributed by atoms with van der Waals surface area (Å²) in [6, 6.07) is 14.6. The summed E-state index contributed by atoms with van der Waals surface area (Å²) in [5.74, 6) is 0. The van der Waals surface area contributed by atoms with Gasteiger partial charge in [0.15, 0.2) is 0 Å². The average Bonchev–Trinajstić information content (AvgIpc) is 3.69. The molecule has 3 rings (SSSR count). The molecule has 0 radical (unpaired) electrons. The smallest absolute Gasteiger partial charge is 0.210 e. The van der Waals surface area contributed by atoms with Crippen molar-refractivity contribution in [3.63, 3.8) is 0 Å². The normalized spacial score (nSPS) is 12.8. The molecule has 2 nitrogen and oxygen atoms in total. The Morgan fingerprint density at radius 3 is 0.838 bits per heavy atom. The molecule has 68 heavy (non-hydrogen) atoms. The minimum absolute atomic E-state index is 0.974. The molecule has 386 valence electrons. The molecule has 0 unspecified atom stereocenters. The fourth-order valence-electron chi connectivity index (χ4n) is 10.9. The van der Waals surface area contributed by atoms with Crippen LogP contribution in [0.3, 0.4) is 0 Å². The summed E-state index contributed by atoms with van der Waals surface area (Å²) in [7, 11) is 0. The zero-order valence-electron chi connectivity index (χ0n) is 46.3. The summed E-state index contributed by atoms with van der Waals surface area (Å²) in [6.45, 7) is 11.5. The van der Waals surface area contributed by atoms with Crippen LogP contribution in [-0.4, -0.2) is 4.70 Å². The van der Waals surface area contributed by atoms with Crippen molar-refractivity contribution in [2.45, 2.75) is 324 Å². The lowest BCUT2D eigenvalue weighted by atomic mass is 9.95. The molecule has 1 aliphatic heterocycles. The topological polar surface area (TPSA) is 25.3 Å². The van der Waals surface area contributed by atoms with Gasteiger partial charge >= 0.3 is 0 Å². The molecule has 1 heterocycles. The van der Waals surface area contributed by atoms with Crippen molar-refractivity contribution < 1.29 is 4.70 Å². The molecule has 2 heteroatoms. The monoisotopic (exact) mass is 933 g/mol. The van der Waals surface area contributed by atoms with Crippen molar-refractivity contribution in [1.82, 2.24) is 0 Å². The van der Waals surface area contributed by atoms with Crippen LogP contribution in [0.5, 0.6) is 0 Å². The molecule has 0 N–H and O–H groups in total. The van der Waals surface area contributed by atoms with E-state index < -0.39 is 0 Å². The molecule has 0 saturated carbocycles. The summed E-state index contributed by atoms with van der Waals surface area (Å²) in [5.41, 5.74) is 23.8. The quantitative estimate of drug-likeness (QED) is 0.0467. The summed E-state index contributed by atoms with van der Waals surface area (Å²) >= 11 is 0. The van der Waals surface area contributed by atoms with Crippen molar-refractivity contribution in [2.75, 3.05) is 0 Å². The third-order valence-electron chi connectivity index (χ3n) is 15.3. The lowest BCUT2D eigenvalue weighted by Crippen LogP contribution is -2.05. The van der Waals surface area contributed by atoms with Gasteiger partial charge in [-0.3, -0.25) is 0 Å². The zero-order valence-corrected chi connectivity index (χ0v) is 46.3. The lowest BCUT2D eigenvalue weighted by molar-refractivity contribution is -0.344. The van der Waals surface area contributed by atoms with Gasteiger partial charge in [-0.2, -0.15) is 0 Å². The summed E-state index contributed by atoms with van der Waals surface area (Å²) in [5, 5.41) is 0. The molecule has 2 aromatic rings. The Balaban J connectivity index is 1.51. The van der Waals surface area contributed by atoms with Crippen molar-refractivity contribution in [3.8, 4) is 0 Å². The van der Waals surface area contributed by atoms with Gasteiger partial charge in [0.05, 0.1) is 0 Å². The third kappa shape index (κ3) is 27.2. The van der Waals surface area contributed by atoms with Gasteiger partial charge < -0.3 is 5.53 Å². The van der Waals surface area contributed by atoms with E-state index in [0.717, 1.165) is 56.3 Å². The van der Waals surface area contributed by atoms with Crippen LogP contribution in [0.15, 0.2) is 48.0 Å². The number of allylic oxidation sites excluding steroid dienone is 2. The highest BCUT2D eigenvalue weighted by Gasteiger charge is 2.29. The van der Waals surface area contributed by atoms with Gasteiger partial charge in [-0.05, 0) is 111 Å². The van der Waals surface area contributed by atoms with E-state index in [-0.39, 0.29) is 0 Å². The molecule has 0 fully saturated rings. The highest BCUT2D eigenvalue weighted by atomic mass is 15.2. The van der Waals surface area contributed by atoms with Crippen LogP contribution >= 0.6 is 0 Å². The molecule has 1 aliphatic rings. The fraction of sp³-hybridized carbons (Fsp3) is 0.758. The number of unbranched alkanes of at least 4 members (excludes halogenated alkanes) is 35. The van der Waals surface area contributed by atoms with Gasteiger partial charge in [0.25, 0.3) is 0 Å². The molecule has 0 bridgehead atoms. The summed E-state index contributed by atoms with van der Waals surface area (Å²) in [6.07, 6.45) is 62.9.